The van der Waals surface area contributed by atoms with Gasteiger partial charge in [-0.25, -0.2) is 0 Å². The molecule has 2 atom stereocenters. The molecule has 0 fully saturated rings. The van der Waals surface area contributed by atoms with Crippen LogP contribution in [0, 0.1) is 0 Å². The monoisotopic (exact) mass is 178 g/mol. The van der Waals surface area contributed by atoms with Crippen molar-refractivity contribution in [3.63, 3.8) is 0 Å². The first-order chi connectivity index (χ1) is 6.24. The van der Waals surface area contributed by atoms with Gasteiger partial charge in [-0.15, -0.1) is 0 Å². The van der Waals surface area contributed by atoms with Crippen molar-refractivity contribution < 1.29 is 0 Å². The zero-order valence-electron chi connectivity index (χ0n) is 8.11. The highest BCUT2D eigenvalue weighted by Gasteiger charge is 2.10. The van der Waals surface area contributed by atoms with Gasteiger partial charge in [0, 0.05) is 12.1 Å². The quantitative estimate of drug-likeness (QED) is 0.730. The average molecular weight is 178 g/mol. The van der Waals surface area contributed by atoms with E-state index in [1.807, 2.05) is 18.2 Å². The molecule has 0 heterocycles. The second-order valence-electron chi connectivity index (χ2n) is 3.43. The Morgan fingerprint density at radius 3 is 2.23 bits per heavy atom. The number of hydrogen-bond acceptors (Lipinski definition) is 2. The number of rotatable bonds is 4. The molecule has 1 aromatic rings. The maximum absolute atomic E-state index is 5.93. The molecule has 0 saturated carbocycles. The lowest BCUT2D eigenvalue weighted by atomic mass is 9.99. The summed E-state index contributed by atoms with van der Waals surface area (Å²) in [6.45, 7) is 2.06. The van der Waals surface area contributed by atoms with E-state index in [0.29, 0.717) is 0 Å². The minimum Gasteiger partial charge on any atom is -0.326 e. The molecule has 1 rings (SSSR count). The van der Waals surface area contributed by atoms with Gasteiger partial charge in [-0.05, 0) is 18.4 Å². The molecule has 1 aromatic carbocycles. The lowest BCUT2D eigenvalue weighted by Gasteiger charge is -2.17. The summed E-state index contributed by atoms with van der Waals surface area (Å²) < 4.78 is 0. The van der Waals surface area contributed by atoms with Crippen molar-refractivity contribution in [3.8, 4) is 0 Å². The predicted molar refractivity (Wildman–Crippen MR) is 56.4 cm³/mol. The van der Waals surface area contributed by atoms with E-state index in [2.05, 4.69) is 19.1 Å². The molecule has 2 unspecified atom stereocenters. The second-order valence-corrected chi connectivity index (χ2v) is 3.43. The van der Waals surface area contributed by atoms with Crippen LogP contribution in [0.1, 0.15) is 18.9 Å². The molecule has 0 radical (unpaired) electrons. The molecule has 4 N–H and O–H groups in total. The maximum atomic E-state index is 5.93. The molecule has 0 aliphatic heterocycles. The summed E-state index contributed by atoms with van der Waals surface area (Å²) in [5, 5.41) is 0. The van der Waals surface area contributed by atoms with Crippen molar-refractivity contribution in [2.45, 2.75) is 31.8 Å². The Bertz CT molecular complexity index is 233. The lowest BCUT2D eigenvalue weighted by Crippen LogP contribution is -2.42. The fraction of sp³-hybridized carbons (Fsp3) is 0.455. The predicted octanol–water partition coefficient (Wildman–Crippen LogP) is 1.29. The average Bonchev–Trinajstić information content (AvgIpc) is 2.18. The third kappa shape index (κ3) is 3.17. The Hall–Kier alpha value is -0.860. The standard InChI is InChI=1S/C11H18N2/c1-2-10(12)11(13)8-9-6-4-3-5-7-9/h3-7,10-11H,2,8,12-13H2,1H3. The maximum Gasteiger partial charge on any atom is 0.0233 e. The highest BCUT2D eigenvalue weighted by molar-refractivity contribution is 5.16. The van der Waals surface area contributed by atoms with Gasteiger partial charge in [-0.2, -0.15) is 0 Å². The Morgan fingerprint density at radius 1 is 1.08 bits per heavy atom. The van der Waals surface area contributed by atoms with Crippen molar-refractivity contribution in [2.75, 3.05) is 0 Å². The molecule has 0 amide bonds. The van der Waals surface area contributed by atoms with E-state index in [1.54, 1.807) is 0 Å². The highest BCUT2D eigenvalue weighted by atomic mass is 14.8. The normalized spacial score (nSPS) is 15.3. The fourth-order valence-electron chi connectivity index (χ4n) is 1.34. The van der Waals surface area contributed by atoms with Gasteiger partial charge in [0.1, 0.15) is 0 Å². The smallest absolute Gasteiger partial charge is 0.0233 e. The van der Waals surface area contributed by atoms with Crippen molar-refractivity contribution in [1.29, 1.82) is 0 Å². The van der Waals surface area contributed by atoms with Crippen LogP contribution < -0.4 is 11.5 Å². The Labute approximate surface area is 79.9 Å². The molecular weight excluding hydrogens is 160 g/mol. The van der Waals surface area contributed by atoms with Gasteiger partial charge in [-0.3, -0.25) is 0 Å². The minimum atomic E-state index is 0.0763. The molecule has 0 aromatic heterocycles. The van der Waals surface area contributed by atoms with Gasteiger partial charge in [0.15, 0.2) is 0 Å². The minimum absolute atomic E-state index is 0.0763. The van der Waals surface area contributed by atoms with Gasteiger partial charge < -0.3 is 11.5 Å². The van der Waals surface area contributed by atoms with Gasteiger partial charge in [0.2, 0.25) is 0 Å². The molecular formula is C11H18N2. The molecule has 2 heteroatoms. The van der Waals surface area contributed by atoms with Crippen LogP contribution in [0.5, 0.6) is 0 Å². The van der Waals surface area contributed by atoms with E-state index in [4.69, 9.17) is 11.5 Å². The first-order valence-electron chi connectivity index (χ1n) is 4.79. The van der Waals surface area contributed by atoms with Gasteiger partial charge in [-0.1, -0.05) is 37.3 Å². The molecule has 0 aliphatic carbocycles. The van der Waals surface area contributed by atoms with Crippen LogP contribution in [0.25, 0.3) is 0 Å². The third-order valence-corrected chi connectivity index (χ3v) is 2.34. The summed E-state index contributed by atoms with van der Waals surface area (Å²) in [5.74, 6) is 0. The van der Waals surface area contributed by atoms with Gasteiger partial charge in [0.25, 0.3) is 0 Å². The molecule has 13 heavy (non-hydrogen) atoms. The van der Waals surface area contributed by atoms with Crippen molar-refractivity contribution in [1.82, 2.24) is 0 Å². The summed E-state index contributed by atoms with van der Waals surface area (Å²) in [5.41, 5.74) is 13.0. The van der Waals surface area contributed by atoms with Crippen molar-refractivity contribution in [2.24, 2.45) is 11.5 Å². The summed E-state index contributed by atoms with van der Waals surface area (Å²) >= 11 is 0. The first kappa shape index (κ1) is 10.2. The van der Waals surface area contributed by atoms with E-state index in [-0.39, 0.29) is 12.1 Å². The van der Waals surface area contributed by atoms with Gasteiger partial charge in [0.05, 0.1) is 0 Å². The molecule has 72 valence electrons. The Morgan fingerprint density at radius 2 is 1.69 bits per heavy atom. The fourth-order valence-corrected chi connectivity index (χ4v) is 1.34. The largest absolute Gasteiger partial charge is 0.326 e. The molecule has 2 nitrogen and oxygen atoms in total. The Balaban J connectivity index is 2.50. The summed E-state index contributed by atoms with van der Waals surface area (Å²) in [7, 11) is 0. The zero-order valence-corrected chi connectivity index (χ0v) is 8.11. The zero-order chi connectivity index (χ0) is 9.68. The molecule has 0 saturated heterocycles. The topological polar surface area (TPSA) is 52.0 Å². The van der Waals surface area contributed by atoms with Crippen molar-refractivity contribution >= 4 is 0 Å². The molecule has 0 aliphatic rings. The molecule has 0 bridgehead atoms. The van der Waals surface area contributed by atoms with E-state index in [9.17, 15) is 0 Å². The van der Waals surface area contributed by atoms with E-state index < -0.39 is 0 Å². The van der Waals surface area contributed by atoms with Crippen LogP contribution in [-0.4, -0.2) is 12.1 Å². The first-order valence-corrected chi connectivity index (χ1v) is 4.79. The van der Waals surface area contributed by atoms with Crippen LogP contribution in [0.2, 0.25) is 0 Å². The highest BCUT2D eigenvalue weighted by Crippen LogP contribution is 2.04. The second kappa shape index (κ2) is 5.00. The van der Waals surface area contributed by atoms with Gasteiger partial charge >= 0.3 is 0 Å². The summed E-state index contributed by atoms with van der Waals surface area (Å²) in [6, 6.07) is 10.4. The third-order valence-electron chi connectivity index (χ3n) is 2.34. The van der Waals surface area contributed by atoms with Crippen LogP contribution >= 0.6 is 0 Å². The Kier molecular flexibility index (Phi) is 3.93. The van der Waals surface area contributed by atoms with E-state index in [0.717, 1.165) is 12.8 Å². The SMILES string of the molecule is CCC(N)C(N)Cc1ccccc1. The van der Waals surface area contributed by atoms with Crippen LogP contribution in [-0.2, 0) is 6.42 Å². The van der Waals surface area contributed by atoms with Crippen LogP contribution in [0.3, 0.4) is 0 Å². The summed E-state index contributed by atoms with van der Waals surface area (Å²) in [4.78, 5) is 0. The molecule has 0 spiro atoms. The number of hydrogen-bond donors (Lipinski definition) is 2. The van der Waals surface area contributed by atoms with Crippen LogP contribution in [0.4, 0.5) is 0 Å². The number of benzene rings is 1. The van der Waals surface area contributed by atoms with Crippen LogP contribution in [0.15, 0.2) is 30.3 Å². The summed E-state index contributed by atoms with van der Waals surface area (Å²) in [6.07, 6.45) is 1.81. The van der Waals surface area contributed by atoms with E-state index in [1.165, 1.54) is 5.56 Å². The lowest BCUT2D eigenvalue weighted by molar-refractivity contribution is 0.510. The van der Waals surface area contributed by atoms with E-state index >= 15 is 0 Å². The van der Waals surface area contributed by atoms with Crippen molar-refractivity contribution in [3.05, 3.63) is 35.9 Å². The number of nitrogens with two attached hydrogens (primary N) is 2.